The number of oxazole rings is 1. The number of likely N-dealkylation sites (tertiary alicyclic amines) is 1. The Labute approximate surface area is 188 Å². The van der Waals surface area contributed by atoms with Crippen molar-refractivity contribution in [2.24, 2.45) is 0 Å². The van der Waals surface area contributed by atoms with Crippen LogP contribution in [0, 0.1) is 5.82 Å². The van der Waals surface area contributed by atoms with Gasteiger partial charge in [-0.25, -0.2) is 9.37 Å². The number of carbonyl (C=O) groups is 1. The molecule has 0 bridgehead atoms. The molecule has 1 aliphatic heterocycles. The van der Waals surface area contributed by atoms with E-state index in [-0.39, 0.29) is 23.5 Å². The Hall–Kier alpha value is -3.45. The molecule has 1 saturated heterocycles. The number of amides is 1. The number of nitrogens with zero attached hydrogens (tertiary/aromatic N) is 3. The summed E-state index contributed by atoms with van der Waals surface area (Å²) in [5.41, 5.74) is 2.17. The van der Waals surface area contributed by atoms with Gasteiger partial charge in [0.1, 0.15) is 23.3 Å². The van der Waals surface area contributed by atoms with Crippen molar-refractivity contribution in [3.8, 4) is 11.3 Å². The maximum Gasteiger partial charge on any atom is 0.293 e. The van der Waals surface area contributed by atoms with Crippen LogP contribution < -0.4 is 0 Å². The first-order valence-corrected chi connectivity index (χ1v) is 10.7. The van der Waals surface area contributed by atoms with Gasteiger partial charge in [0.25, 0.3) is 5.91 Å². The highest BCUT2D eigenvalue weighted by Crippen LogP contribution is 2.34. The van der Waals surface area contributed by atoms with E-state index in [9.17, 15) is 9.18 Å². The fourth-order valence-electron chi connectivity index (χ4n) is 3.95. The van der Waals surface area contributed by atoms with Crippen LogP contribution in [0.3, 0.4) is 0 Å². The molecule has 0 radical (unpaired) electrons. The average Bonchev–Trinajstić information content (AvgIpc) is 3.54. The summed E-state index contributed by atoms with van der Waals surface area (Å²) in [5.74, 6) is 0.727. The van der Waals surface area contributed by atoms with Gasteiger partial charge in [-0.1, -0.05) is 28.9 Å². The van der Waals surface area contributed by atoms with Gasteiger partial charge in [-0.15, -0.1) is 0 Å². The molecule has 162 valence electrons. The molecule has 1 atom stereocenters. The molecule has 0 N–H and O–H groups in total. The van der Waals surface area contributed by atoms with E-state index in [0.717, 1.165) is 18.4 Å². The van der Waals surface area contributed by atoms with Crippen LogP contribution in [0.5, 0.6) is 0 Å². The van der Waals surface area contributed by atoms with Crippen LogP contribution in [0.25, 0.3) is 11.3 Å². The third-order valence-electron chi connectivity index (χ3n) is 5.50. The van der Waals surface area contributed by atoms with E-state index in [1.54, 1.807) is 29.3 Å². The quantitative estimate of drug-likeness (QED) is 0.389. The number of aromatic nitrogens is 2. The summed E-state index contributed by atoms with van der Waals surface area (Å²) in [4.78, 5) is 19.2. The Morgan fingerprint density at radius 1 is 1.19 bits per heavy atom. The van der Waals surface area contributed by atoms with E-state index in [1.165, 1.54) is 12.1 Å². The first kappa shape index (κ1) is 20.5. The summed E-state index contributed by atoms with van der Waals surface area (Å²) in [6, 6.07) is 14.7. The molecule has 1 aliphatic rings. The summed E-state index contributed by atoms with van der Waals surface area (Å²) < 4.78 is 24.4. The second-order valence-electron chi connectivity index (χ2n) is 7.71. The first-order valence-electron chi connectivity index (χ1n) is 10.3. The molecule has 1 amide bonds. The lowest BCUT2D eigenvalue weighted by Crippen LogP contribution is -2.30. The second kappa shape index (κ2) is 8.59. The highest BCUT2D eigenvalue weighted by atomic mass is 35.5. The van der Waals surface area contributed by atoms with Gasteiger partial charge in [0, 0.05) is 29.6 Å². The second-order valence-corrected chi connectivity index (χ2v) is 8.15. The zero-order chi connectivity index (χ0) is 22.1. The Kier molecular flexibility index (Phi) is 5.49. The molecule has 6 nitrogen and oxygen atoms in total. The van der Waals surface area contributed by atoms with E-state index < -0.39 is 0 Å². The van der Waals surface area contributed by atoms with Crippen molar-refractivity contribution in [1.29, 1.82) is 0 Å². The van der Waals surface area contributed by atoms with E-state index in [0.29, 0.717) is 40.9 Å². The predicted molar refractivity (Wildman–Crippen MR) is 116 cm³/mol. The highest BCUT2D eigenvalue weighted by Gasteiger charge is 2.35. The predicted octanol–water partition coefficient (Wildman–Crippen LogP) is 5.69. The average molecular weight is 452 g/mol. The highest BCUT2D eigenvalue weighted by molar-refractivity contribution is 6.30. The van der Waals surface area contributed by atoms with Gasteiger partial charge >= 0.3 is 0 Å². The summed E-state index contributed by atoms with van der Waals surface area (Å²) in [5, 5.41) is 4.64. The molecule has 1 unspecified atom stereocenters. The monoisotopic (exact) mass is 451 g/mol. The minimum Gasteiger partial charge on any atom is -0.443 e. The maximum atomic E-state index is 13.2. The molecule has 2 aromatic carbocycles. The zero-order valence-electron chi connectivity index (χ0n) is 17.0. The van der Waals surface area contributed by atoms with Crippen molar-refractivity contribution >= 4 is 17.5 Å². The lowest BCUT2D eigenvalue weighted by atomic mass is 10.1. The molecule has 2 aromatic heterocycles. The third-order valence-corrected chi connectivity index (χ3v) is 5.73. The van der Waals surface area contributed by atoms with Crippen molar-refractivity contribution in [3.05, 3.63) is 94.6 Å². The Morgan fingerprint density at radius 2 is 2.03 bits per heavy atom. The van der Waals surface area contributed by atoms with Crippen molar-refractivity contribution in [1.82, 2.24) is 15.0 Å². The summed E-state index contributed by atoms with van der Waals surface area (Å²) in [7, 11) is 0. The van der Waals surface area contributed by atoms with Crippen molar-refractivity contribution in [3.63, 3.8) is 0 Å². The number of benzene rings is 2. The van der Waals surface area contributed by atoms with Crippen LogP contribution in [0.4, 0.5) is 4.39 Å². The van der Waals surface area contributed by atoms with Crippen LogP contribution in [0.15, 0.2) is 69.7 Å². The Morgan fingerprint density at radius 3 is 2.84 bits per heavy atom. The Bertz CT molecular complexity index is 1250. The molecule has 3 heterocycles. The molecule has 8 heteroatoms. The summed E-state index contributed by atoms with van der Waals surface area (Å²) in [6.45, 7) is 0.572. The number of rotatable bonds is 5. The standard InChI is InChI=1S/C24H19ClFN3O3/c25-17-4-1-3-15(11-17)12-19-14-27-23(31-19)21-5-2-10-29(21)24(30)22-13-20(28-32-22)16-6-8-18(26)9-7-16/h1,3-4,6-9,11,13-14,21H,2,5,10,12H2. The van der Waals surface area contributed by atoms with Crippen molar-refractivity contribution in [2.75, 3.05) is 6.54 Å². The minimum absolute atomic E-state index is 0.127. The Balaban J connectivity index is 1.32. The fraction of sp³-hybridized carbons (Fsp3) is 0.208. The maximum absolute atomic E-state index is 13.2. The number of halogens is 2. The zero-order valence-corrected chi connectivity index (χ0v) is 17.8. The van der Waals surface area contributed by atoms with Crippen LogP contribution in [0.2, 0.25) is 5.02 Å². The molecule has 32 heavy (non-hydrogen) atoms. The number of carbonyl (C=O) groups excluding carboxylic acids is 1. The lowest BCUT2D eigenvalue weighted by Gasteiger charge is -2.20. The van der Waals surface area contributed by atoms with E-state index >= 15 is 0 Å². The van der Waals surface area contributed by atoms with Gasteiger partial charge in [-0.3, -0.25) is 4.79 Å². The SMILES string of the molecule is O=C(c1cc(-c2ccc(F)cc2)no1)N1CCCC1c1ncc(Cc2cccc(Cl)c2)o1. The molecule has 0 aliphatic carbocycles. The molecule has 1 fully saturated rings. The molecule has 4 aromatic rings. The topological polar surface area (TPSA) is 72.4 Å². The normalized spacial score (nSPS) is 15.9. The lowest BCUT2D eigenvalue weighted by molar-refractivity contribution is 0.0672. The van der Waals surface area contributed by atoms with Crippen LogP contribution in [-0.2, 0) is 6.42 Å². The fourth-order valence-corrected chi connectivity index (χ4v) is 4.16. The van der Waals surface area contributed by atoms with E-state index in [1.807, 2.05) is 24.3 Å². The van der Waals surface area contributed by atoms with Crippen LogP contribution in [-0.4, -0.2) is 27.5 Å². The largest absolute Gasteiger partial charge is 0.443 e. The summed E-state index contributed by atoms with van der Waals surface area (Å²) >= 11 is 6.06. The van der Waals surface area contributed by atoms with Gasteiger partial charge in [-0.05, 0) is 54.8 Å². The smallest absolute Gasteiger partial charge is 0.293 e. The molecule has 0 spiro atoms. The van der Waals surface area contributed by atoms with Crippen molar-refractivity contribution < 1.29 is 18.1 Å². The van der Waals surface area contributed by atoms with Gasteiger partial charge in [0.15, 0.2) is 0 Å². The first-order chi connectivity index (χ1) is 15.6. The van der Waals surface area contributed by atoms with Gasteiger partial charge in [0.05, 0.1) is 6.20 Å². The molecular weight excluding hydrogens is 433 g/mol. The molecule has 0 saturated carbocycles. The van der Waals surface area contributed by atoms with Crippen LogP contribution in [0.1, 0.15) is 46.7 Å². The number of hydrogen-bond acceptors (Lipinski definition) is 5. The van der Waals surface area contributed by atoms with Gasteiger partial charge in [-0.2, -0.15) is 0 Å². The molecular formula is C24H19ClFN3O3. The minimum atomic E-state index is -0.339. The third kappa shape index (κ3) is 4.16. The molecule has 5 rings (SSSR count). The summed E-state index contributed by atoms with van der Waals surface area (Å²) in [6.07, 6.45) is 3.85. The van der Waals surface area contributed by atoms with Gasteiger partial charge in [0.2, 0.25) is 11.7 Å². The van der Waals surface area contributed by atoms with Crippen LogP contribution >= 0.6 is 11.6 Å². The van der Waals surface area contributed by atoms with Crippen molar-refractivity contribution in [2.45, 2.75) is 25.3 Å². The van der Waals surface area contributed by atoms with Gasteiger partial charge < -0.3 is 13.8 Å². The van der Waals surface area contributed by atoms with E-state index in [2.05, 4.69) is 10.1 Å². The van der Waals surface area contributed by atoms with E-state index in [4.69, 9.17) is 20.5 Å². The number of hydrogen-bond donors (Lipinski definition) is 0.